The van der Waals surface area contributed by atoms with E-state index in [0.29, 0.717) is 30.5 Å². The molecule has 0 saturated carbocycles. The molecule has 3 aromatic rings. The van der Waals surface area contributed by atoms with Gasteiger partial charge in [0, 0.05) is 26.5 Å². The highest BCUT2D eigenvalue weighted by atomic mass is 19.1. The van der Waals surface area contributed by atoms with Crippen molar-refractivity contribution < 1.29 is 13.9 Å². The van der Waals surface area contributed by atoms with E-state index in [-0.39, 0.29) is 5.82 Å². The summed E-state index contributed by atoms with van der Waals surface area (Å²) >= 11 is 0. The van der Waals surface area contributed by atoms with Crippen LogP contribution in [0.3, 0.4) is 0 Å². The Bertz CT molecular complexity index is 877. The molecular weight excluding hydrogens is 347 g/mol. The summed E-state index contributed by atoms with van der Waals surface area (Å²) in [4.78, 5) is 4.10. The SMILES string of the molecule is CN(C)/N=C(\c1ccccc1OCCOc1ccc(F)cc1)n1ccnc1. The Balaban J connectivity index is 1.70. The van der Waals surface area contributed by atoms with E-state index in [2.05, 4.69) is 10.1 Å². The Morgan fingerprint density at radius 3 is 2.52 bits per heavy atom. The van der Waals surface area contributed by atoms with Gasteiger partial charge in [0.15, 0.2) is 5.84 Å². The van der Waals surface area contributed by atoms with E-state index in [0.717, 1.165) is 5.56 Å². The molecule has 0 saturated heterocycles. The lowest BCUT2D eigenvalue weighted by Gasteiger charge is -2.16. The number of rotatable bonds is 7. The zero-order valence-electron chi connectivity index (χ0n) is 15.2. The van der Waals surface area contributed by atoms with Crippen LogP contribution in [0.25, 0.3) is 0 Å². The van der Waals surface area contributed by atoms with Gasteiger partial charge in [0.1, 0.15) is 36.9 Å². The number of benzene rings is 2. The average molecular weight is 368 g/mol. The predicted octanol–water partition coefficient (Wildman–Crippen LogP) is 3.25. The van der Waals surface area contributed by atoms with E-state index >= 15 is 0 Å². The minimum atomic E-state index is -0.292. The highest BCUT2D eigenvalue weighted by Gasteiger charge is 2.13. The molecule has 0 aliphatic carbocycles. The molecule has 0 atom stereocenters. The van der Waals surface area contributed by atoms with E-state index in [9.17, 15) is 4.39 Å². The molecule has 27 heavy (non-hydrogen) atoms. The minimum Gasteiger partial charge on any atom is -0.490 e. The Hall–Kier alpha value is -3.35. The Labute approximate surface area is 157 Å². The van der Waals surface area contributed by atoms with Crippen LogP contribution in [0.5, 0.6) is 11.5 Å². The first-order chi connectivity index (χ1) is 13.1. The monoisotopic (exact) mass is 368 g/mol. The number of para-hydroxylation sites is 1. The third-order valence-electron chi connectivity index (χ3n) is 3.59. The van der Waals surface area contributed by atoms with E-state index in [1.54, 1.807) is 29.7 Å². The highest BCUT2D eigenvalue weighted by Crippen LogP contribution is 2.20. The van der Waals surface area contributed by atoms with Crippen molar-refractivity contribution in [1.82, 2.24) is 14.6 Å². The molecule has 140 valence electrons. The molecule has 6 nitrogen and oxygen atoms in total. The summed E-state index contributed by atoms with van der Waals surface area (Å²) in [5.41, 5.74) is 0.839. The third kappa shape index (κ3) is 5.07. The van der Waals surface area contributed by atoms with Crippen molar-refractivity contribution in [3.8, 4) is 11.5 Å². The lowest BCUT2D eigenvalue weighted by Crippen LogP contribution is -2.19. The summed E-state index contributed by atoms with van der Waals surface area (Å²) in [7, 11) is 3.72. The van der Waals surface area contributed by atoms with E-state index < -0.39 is 0 Å². The number of aromatic nitrogens is 2. The summed E-state index contributed by atoms with van der Waals surface area (Å²) in [5.74, 6) is 1.70. The Morgan fingerprint density at radius 1 is 1.07 bits per heavy atom. The van der Waals surface area contributed by atoms with Crippen LogP contribution in [-0.2, 0) is 0 Å². The van der Waals surface area contributed by atoms with Crippen molar-refractivity contribution in [2.24, 2.45) is 5.10 Å². The lowest BCUT2D eigenvalue weighted by atomic mass is 10.2. The number of imidazole rings is 1. The van der Waals surface area contributed by atoms with E-state index in [1.807, 2.05) is 49.1 Å². The van der Waals surface area contributed by atoms with Gasteiger partial charge >= 0.3 is 0 Å². The van der Waals surface area contributed by atoms with Gasteiger partial charge < -0.3 is 14.5 Å². The van der Waals surface area contributed by atoms with Crippen LogP contribution in [0, 0.1) is 5.82 Å². The van der Waals surface area contributed by atoms with Crippen LogP contribution < -0.4 is 9.47 Å². The average Bonchev–Trinajstić information content (AvgIpc) is 3.19. The molecule has 7 heteroatoms. The van der Waals surface area contributed by atoms with Crippen LogP contribution in [0.2, 0.25) is 0 Å². The number of halogens is 1. The Kier molecular flexibility index (Phi) is 6.04. The van der Waals surface area contributed by atoms with Gasteiger partial charge in [0.05, 0.1) is 5.56 Å². The molecule has 0 spiro atoms. The van der Waals surface area contributed by atoms with Crippen LogP contribution in [-0.4, -0.2) is 47.7 Å². The van der Waals surface area contributed by atoms with Crippen molar-refractivity contribution in [1.29, 1.82) is 0 Å². The van der Waals surface area contributed by atoms with Gasteiger partial charge in [0.25, 0.3) is 0 Å². The molecule has 1 aromatic heterocycles. The maximum atomic E-state index is 12.9. The van der Waals surface area contributed by atoms with Gasteiger partial charge in [-0.1, -0.05) is 12.1 Å². The number of hydrogen-bond donors (Lipinski definition) is 0. The molecule has 0 aliphatic heterocycles. The molecule has 0 radical (unpaired) electrons. The van der Waals surface area contributed by atoms with Crippen LogP contribution >= 0.6 is 0 Å². The maximum absolute atomic E-state index is 12.9. The van der Waals surface area contributed by atoms with Gasteiger partial charge in [-0.15, -0.1) is 0 Å². The molecule has 0 amide bonds. The molecule has 0 fully saturated rings. The number of ether oxygens (including phenoxy) is 2. The molecule has 0 bridgehead atoms. The fourth-order valence-electron chi connectivity index (χ4n) is 2.44. The van der Waals surface area contributed by atoms with Crippen LogP contribution in [0.4, 0.5) is 4.39 Å². The molecule has 3 rings (SSSR count). The van der Waals surface area contributed by atoms with Crippen LogP contribution in [0.15, 0.2) is 72.4 Å². The minimum absolute atomic E-state index is 0.292. The first kappa shape index (κ1) is 18.4. The molecule has 0 N–H and O–H groups in total. The quantitative estimate of drug-likeness (QED) is 0.278. The maximum Gasteiger partial charge on any atom is 0.168 e. The van der Waals surface area contributed by atoms with Gasteiger partial charge in [-0.3, -0.25) is 4.57 Å². The molecular formula is C20H21FN4O2. The second kappa shape index (κ2) is 8.84. The summed E-state index contributed by atoms with van der Waals surface area (Å²) < 4.78 is 26.2. The normalized spacial score (nSPS) is 11.3. The molecule has 0 aliphatic rings. The van der Waals surface area contributed by atoms with Crippen molar-refractivity contribution >= 4 is 5.84 Å². The Morgan fingerprint density at radius 2 is 1.81 bits per heavy atom. The predicted molar refractivity (Wildman–Crippen MR) is 102 cm³/mol. The second-order valence-electron chi connectivity index (χ2n) is 5.89. The van der Waals surface area contributed by atoms with Crippen molar-refractivity contribution in [2.75, 3.05) is 27.3 Å². The van der Waals surface area contributed by atoms with Crippen molar-refractivity contribution in [3.05, 3.63) is 78.6 Å². The largest absolute Gasteiger partial charge is 0.490 e. The van der Waals surface area contributed by atoms with Gasteiger partial charge in [0.2, 0.25) is 0 Å². The lowest BCUT2D eigenvalue weighted by molar-refractivity contribution is 0.216. The number of nitrogens with zero attached hydrogens (tertiary/aromatic N) is 4. The highest BCUT2D eigenvalue weighted by molar-refractivity contribution is 6.02. The fraction of sp³-hybridized carbons (Fsp3) is 0.200. The molecule has 0 unspecified atom stereocenters. The number of hydrazone groups is 1. The molecule has 2 aromatic carbocycles. The van der Waals surface area contributed by atoms with Crippen molar-refractivity contribution in [2.45, 2.75) is 0 Å². The van der Waals surface area contributed by atoms with E-state index in [4.69, 9.17) is 9.47 Å². The topological polar surface area (TPSA) is 51.9 Å². The smallest absolute Gasteiger partial charge is 0.168 e. The van der Waals surface area contributed by atoms with Gasteiger partial charge in [-0.05, 0) is 36.4 Å². The first-order valence-corrected chi connectivity index (χ1v) is 8.48. The van der Waals surface area contributed by atoms with Gasteiger partial charge in [-0.2, -0.15) is 5.10 Å². The fourth-order valence-corrected chi connectivity index (χ4v) is 2.44. The standard InChI is InChI=1S/C20H21FN4O2/c1-24(2)23-20(25-12-11-22-15-25)18-5-3-4-6-19(18)27-14-13-26-17-9-7-16(21)8-10-17/h3-12,15H,13-14H2,1-2H3/b23-20+. The summed E-state index contributed by atoms with van der Waals surface area (Å²) in [6, 6.07) is 13.6. The first-order valence-electron chi connectivity index (χ1n) is 8.48. The number of hydrogen-bond acceptors (Lipinski definition) is 5. The second-order valence-corrected chi connectivity index (χ2v) is 5.89. The summed E-state index contributed by atoms with van der Waals surface area (Å²) in [6.07, 6.45) is 5.22. The molecule has 1 heterocycles. The zero-order chi connectivity index (χ0) is 19.1. The third-order valence-corrected chi connectivity index (χ3v) is 3.59. The van der Waals surface area contributed by atoms with Crippen LogP contribution in [0.1, 0.15) is 5.56 Å². The van der Waals surface area contributed by atoms with Crippen molar-refractivity contribution in [3.63, 3.8) is 0 Å². The zero-order valence-corrected chi connectivity index (χ0v) is 15.2. The van der Waals surface area contributed by atoms with E-state index in [1.165, 1.54) is 12.1 Å². The summed E-state index contributed by atoms with van der Waals surface area (Å²) in [5, 5.41) is 6.29. The summed E-state index contributed by atoms with van der Waals surface area (Å²) in [6.45, 7) is 0.679. The van der Waals surface area contributed by atoms with Gasteiger partial charge in [-0.25, -0.2) is 9.37 Å².